The van der Waals surface area contributed by atoms with Crippen LogP contribution in [-0.2, 0) is 14.8 Å². The number of hydrogen-bond acceptors (Lipinski definition) is 5. The lowest BCUT2D eigenvalue weighted by molar-refractivity contribution is -0.121. The van der Waals surface area contributed by atoms with Gasteiger partial charge in [-0.25, -0.2) is 17.1 Å². The number of hydrogen-bond donors (Lipinski definition) is 2. The molecule has 8 nitrogen and oxygen atoms in total. The predicted octanol–water partition coefficient (Wildman–Crippen LogP) is 2.30. The molecule has 1 aliphatic rings. The maximum absolute atomic E-state index is 13.0. The van der Waals surface area contributed by atoms with Crippen molar-refractivity contribution in [3.8, 4) is 0 Å². The van der Waals surface area contributed by atoms with E-state index in [9.17, 15) is 22.4 Å². The molecule has 1 atom stereocenters. The molecule has 0 aromatic heterocycles. The van der Waals surface area contributed by atoms with Gasteiger partial charge < -0.3 is 10.6 Å². The zero-order valence-electron chi connectivity index (χ0n) is 18.9. The summed E-state index contributed by atoms with van der Waals surface area (Å²) in [5.41, 5.74) is 0.821. The Bertz CT molecular complexity index is 1100. The number of rotatable bonds is 7. The number of benzene rings is 2. The van der Waals surface area contributed by atoms with Crippen LogP contribution in [-0.4, -0.2) is 68.7 Å². The maximum atomic E-state index is 13.0. The van der Waals surface area contributed by atoms with Gasteiger partial charge in [0.05, 0.1) is 10.9 Å². The highest BCUT2D eigenvalue weighted by Gasteiger charge is 2.28. The Balaban J connectivity index is 1.53. The summed E-state index contributed by atoms with van der Waals surface area (Å²) in [4.78, 5) is 27.2. The standard InChI is InChI=1S/C23H29FN4O4S/c1-16(22(29)26-20-5-4-6-21(15-20)33(31,32)27(2)3)28-13-11-19(12-14-28)25-23(30)17-7-9-18(24)10-8-17/h4-10,15-16,19H,11-14H2,1-3H3,(H,25,30)(H,26,29). The van der Waals surface area contributed by atoms with E-state index in [4.69, 9.17) is 0 Å². The third-order valence-electron chi connectivity index (χ3n) is 5.78. The first-order valence-electron chi connectivity index (χ1n) is 10.7. The van der Waals surface area contributed by atoms with E-state index in [1.54, 1.807) is 19.1 Å². The van der Waals surface area contributed by atoms with E-state index in [1.165, 1.54) is 50.5 Å². The average Bonchev–Trinajstić information content (AvgIpc) is 2.79. The minimum absolute atomic E-state index is 0.0259. The number of carbonyl (C=O) groups is 2. The highest BCUT2D eigenvalue weighted by Crippen LogP contribution is 2.20. The van der Waals surface area contributed by atoms with Crippen molar-refractivity contribution in [3.05, 3.63) is 59.9 Å². The summed E-state index contributed by atoms with van der Waals surface area (Å²) < 4.78 is 38.8. The number of amides is 2. The van der Waals surface area contributed by atoms with Gasteiger partial charge in [0, 0.05) is 44.5 Å². The van der Waals surface area contributed by atoms with Crippen molar-refractivity contribution >= 4 is 27.5 Å². The lowest BCUT2D eigenvalue weighted by atomic mass is 10.0. The third-order valence-corrected chi connectivity index (χ3v) is 7.59. The molecule has 1 unspecified atom stereocenters. The molecule has 33 heavy (non-hydrogen) atoms. The molecule has 2 aromatic carbocycles. The van der Waals surface area contributed by atoms with Crippen LogP contribution in [0.2, 0.25) is 0 Å². The van der Waals surface area contributed by atoms with Gasteiger partial charge in [0.2, 0.25) is 15.9 Å². The van der Waals surface area contributed by atoms with Gasteiger partial charge in [0.25, 0.3) is 5.91 Å². The highest BCUT2D eigenvalue weighted by molar-refractivity contribution is 7.89. The Hall–Kier alpha value is -2.82. The van der Waals surface area contributed by atoms with E-state index in [0.29, 0.717) is 37.2 Å². The monoisotopic (exact) mass is 476 g/mol. The van der Waals surface area contributed by atoms with Gasteiger partial charge in [-0.3, -0.25) is 14.5 Å². The van der Waals surface area contributed by atoms with Gasteiger partial charge in [-0.1, -0.05) is 6.07 Å². The van der Waals surface area contributed by atoms with Gasteiger partial charge in [0.15, 0.2) is 0 Å². The molecule has 0 spiro atoms. The van der Waals surface area contributed by atoms with E-state index in [2.05, 4.69) is 10.6 Å². The Morgan fingerprint density at radius 2 is 1.73 bits per heavy atom. The molecule has 3 rings (SSSR count). The van der Waals surface area contributed by atoms with Crippen molar-refractivity contribution in [2.45, 2.75) is 36.7 Å². The molecule has 2 aromatic rings. The number of halogens is 1. The fourth-order valence-corrected chi connectivity index (χ4v) is 4.61. The average molecular weight is 477 g/mol. The second kappa shape index (κ2) is 10.4. The Morgan fingerprint density at radius 3 is 2.33 bits per heavy atom. The molecular weight excluding hydrogens is 447 g/mol. The molecule has 178 valence electrons. The molecule has 0 saturated carbocycles. The molecule has 0 bridgehead atoms. The largest absolute Gasteiger partial charge is 0.349 e. The van der Waals surface area contributed by atoms with E-state index in [-0.39, 0.29) is 22.8 Å². The van der Waals surface area contributed by atoms with E-state index >= 15 is 0 Å². The summed E-state index contributed by atoms with van der Waals surface area (Å²) in [6.07, 6.45) is 1.36. The number of sulfonamides is 1. The van der Waals surface area contributed by atoms with Crippen molar-refractivity contribution in [1.82, 2.24) is 14.5 Å². The van der Waals surface area contributed by atoms with Crippen LogP contribution in [0.5, 0.6) is 0 Å². The first-order chi connectivity index (χ1) is 15.6. The third kappa shape index (κ3) is 6.16. The molecule has 0 aliphatic carbocycles. The number of piperidine rings is 1. The topological polar surface area (TPSA) is 98.8 Å². The minimum atomic E-state index is -3.60. The van der Waals surface area contributed by atoms with Crippen molar-refractivity contribution in [2.75, 3.05) is 32.5 Å². The van der Waals surface area contributed by atoms with E-state index in [0.717, 1.165) is 4.31 Å². The predicted molar refractivity (Wildman–Crippen MR) is 124 cm³/mol. The number of nitrogens with one attached hydrogen (secondary N) is 2. The van der Waals surface area contributed by atoms with Gasteiger partial charge in [-0.15, -0.1) is 0 Å². The zero-order chi connectivity index (χ0) is 24.2. The van der Waals surface area contributed by atoms with Crippen molar-refractivity contribution in [2.24, 2.45) is 0 Å². The summed E-state index contributed by atoms with van der Waals surface area (Å²) in [5, 5.41) is 5.76. The van der Waals surface area contributed by atoms with Gasteiger partial charge in [0.1, 0.15) is 5.82 Å². The van der Waals surface area contributed by atoms with Crippen LogP contribution in [0.25, 0.3) is 0 Å². The Kier molecular flexibility index (Phi) is 7.83. The SMILES string of the molecule is CC(C(=O)Nc1cccc(S(=O)(=O)N(C)C)c1)N1CCC(NC(=O)c2ccc(F)cc2)CC1. The van der Waals surface area contributed by atoms with Crippen LogP contribution in [0.4, 0.5) is 10.1 Å². The van der Waals surface area contributed by atoms with Crippen LogP contribution in [0.3, 0.4) is 0 Å². The van der Waals surface area contributed by atoms with Gasteiger partial charge in [-0.05, 0) is 62.2 Å². The van der Waals surface area contributed by atoms with Crippen molar-refractivity contribution in [1.29, 1.82) is 0 Å². The minimum Gasteiger partial charge on any atom is -0.349 e. The normalized spacial score (nSPS) is 16.4. The van der Waals surface area contributed by atoms with E-state index < -0.39 is 21.9 Å². The molecule has 1 aliphatic heterocycles. The molecular formula is C23H29FN4O4S. The molecule has 1 fully saturated rings. The summed E-state index contributed by atoms with van der Waals surface area (Å²) in [7, 11) is -0.690. The Morgan fingerprint density at radius 1 is 1.09 bits per heavy atom. The maximum Gasteiger partial charge on any atom is 0.251 e. The first-order valence-corrected chi connectivity index (χ1v) is 12.2. The second-order valence-corrected chi connectivity index (χ2v) is 10.4. The first kappa shape index (κ1) is 24.8. The summed E-state index contributed by atoms with van der Waals surface area (Å²) in [5.74, 6) is -0.867. The van der Waals surface area contributed by atoms with Crippen LogP contribution in [0.15, 0.2) is 53.4 Å². The van der Waals surface area contributed by atoms with Crippen LogP contribution >= 0.6 is 0 Å². The van der Waals surface area contributed by atoms with Crippen molar-refractivity contribution in [3.63, 3.8) is 0 Å². The lowest BCUT2D eigenvalue weighted by Crippen LogP contribution is -2.50. The molecule has 10 heteroatoms. The molecule has 1 heterocycles. The zero-order valence-corrected chi connectivity index (χ0v) is 19.7. The fourth-order valence-electron chi connectivity index (χ4n) is 3.66. The second-order valence-electron chi connectivity index (χ2n) is 8.27. The summed E-state index contributed by atoms with van der Waals surface area (Å²) >= 11 is 0. The quantitative estimate of drug-likeness (QED) is 0.639. The summed E-state index contributed by atoms with van der Waals surface area (Å²) in [6, 6.07) is 11.1. The molecule has 2 N–H and O–H groups in total. The smallest absolute Gasteiger partial charge is 0.251 e. The molecule has 0 radical (unpaired) electrons. The Labute approximate surface area is 193 Å². The number of likely N-dealkylation sites (tertiary alicyclic amines) is 1. The highest BCUT2D eigenvalue weighted by atomic mass is 32.2. The van der Waals surface area contributed by atoms with Crippen LogP contribution in [0, 0.1) is 5.82 Å². The number of anilines is 1. The van der Waals surface area contributed by atoms with Gasteiger partial charge in [-0.2, -0.15) is 0 Å². The van der Waals surface area contributed by atoms with Crippen LogP contribution in [0.1, 0.15) is 30.1 Å². The number of carbonyl (C=O) groups excluding carboxylic acids is 2. The molecule has 1 saturated heterocycles. The van der Waals surface area contributed by atoms with Crippen molar-refractivity contribution < 1.29 is 22.4 Å². The lowest BCUT2D eigenvalue weighted by Gasteiger charge is -2.35. The number of nitrogens with zero attached hydrogens (tertiary/aromatic N) is 2. The fraction of sp³-hybridized carbons (Fsp3) is 0.391. The summed E-state index contributed by atoms with van der Waals surface area (Å²) in [6.45, 7) is 3.04. The van der Waals surface area contributed by atoms with Crippen LogP contribution < -0.4 is 10.6 Å². The molecule has 2 amide bonds. The van der Waals surface area contributed by atoms with E-state index in [1.807, 2.05) is 4.90 Å². The van der Waals surface area contributed by atoms with Gasteiger partial charge >= 0.3 is 0 Å².